The van der Waals surface area contributed by atoms with E-state index >= 15 is 0 Å². The summed E-state index contributed by atoms with van der Waals surface area (Å²) in [6, 6.07) is 18.8. The maximum absolute atomic E-state index is 10.4. The van der Waals surface area contributed by atoms with Gasteiger partial charge in [0.25, 0.3) is 0 Å². The van der Waals surface area contributed by atoms with Crippen molar-refractivity contribution in [3.8, 4) is 0 Å². The minimum absolute atomic E-state index is 0.352. The Kier molecular flexibility index (Phi) is 4.83. The lowest BCUT2D eigenvalue weighted by Crippen LogP contribution is -2.40. The average Bonchev–Trinajstić information content (AvgIpc) is 3.00. The number of aromatic nitrogens is 1. The maximum atomic E-state index is 10.4. The Bertz CT molecular complexity index is 828. The number of aliphatic hydroxyl groups excluding tert-OH is 1. The highest BCUT2D eigenvalue weighted by Crippen LogP contribution is 2.27. The largest absolute Gasteiger partial charge is 0.390 e. The van der Waals surface area contributed by atoms with Gasteiger partial charge in [0.15, 0.2) is 0 Å². The van der Waals surface area contributed by atoms with Crippen LogP contribution in [0, 0.1) is 0 Å². The molecule has 1 aromatic heterocycles. The number of hydrogen-bond acceptors (Lipinski definition) is 3. The van der Waals surface area contributed by atoms with Crippen LogP contribution >= 0.6 is 0 Å². The summed E-state index contributed by atoms with van der Waals surface area (Å²) in [6.45, 7) is 4.01. The van der Waals surface area contributed by atoms with E-state index in [9.17, 15) is 5.11 Å². The number of H-pyrrole nitrogens is 1. The highest BCUT2D eigenvalue weighted by atomic mass is 16.3. The van der Waals surface area contributed by atoms with Crippen molar-refractivity contribution in [1.29, 1.82) is 0 Å². The lowest BCUT2D eigenvalue weighted by Gasteiger charge is -2.29. The van der Waals surface area contributed by atoms with E-state index in [1.54, 1.807) is 0 Å². The third-order valence-corrected chi connectivity index (χ3v) is 4.98. The molecule has 130 valence electrons. The van der Waals surface area contributed by atoms with Crippen LogP contribution in [0.3, 0.4) is 0 Å². The number of β-amino-alcohol motifs (C(OH)–C–C–N with tert-alkyl or cyclic N) is 1. The Morgan fingerprint density at radius 3 is 2.76 bits per heavy atom. The van der Waals surface area contributed by atoms with Crippen molar-refractivity contribution in [2.75, 3.05) is 19.6 Å². The Morgan fingerprint density at radius 1 is 1.08 bits per heavy atom. The zero-order valence-corrected chi connectivity index (χ0v) is 14.4. The van der Waals surface area contributed by atoms with Crippen LogP contribution in [0.15, 0.2) is 54.6 Å². The first-order valence-corrected chi connectivity index (χ1v) is 9.03. The van der Waals surface area contributed by atoms with Gasteiger partial charge in [-0.1, -0.05) is 48.5 Å². The third-order valence-electron chi connectivity index (χ3n) is 4.98. The first kappa shape index (κ1) is 16.3. The summed E-state index contributed by atoms with van der Waals surface area (Å²) in [4.78, 5) is 5.88. The van der Waals surface area contributed by atoms with Gasteiger partial charge >= 0.3 is 0 Å². The summed E-state index contributed by atoms with van der Waals surface area (Å²) >= 11 is 0. The predicted octanol–water partition coefficient (Wildman–Crippen LogP) is 2.68. The highest BCUT2D eigenvalue weighted by molar-refractivity contribution is 5.84. The fourth-order valence-corrected chi connectivity index (χ4v) is 3.75. The van der Waals surface area contributed by atoms with Crippen LogP contribution < -0.4 is 5.32 Å². The molecule has 0 spiro atoms. The molecule has 0 bridgehead atoms. The Morgan fingerprint density at radius 2 is 1.88 bits per heavy atom. The number of para-hydroxylation sites is 1. The summed E-state index contributed by atoms with van der Waals surface area (Å²) in [5, 5.41) is 15.0. The van der Waals surface area contributed by atoms with Crippen molar-refractivity contribution in [3.63, 3.8) is 0 Å². The molecule has 0 fully saturated rings. The number of benzene rings is 2. The number of fused-ring (bicyclic) bond motifs is 3. The molecule has 25 heavy (non-hydrogen) atoms. The van der Waals surface area contributed by atoms with Gasteiger partial charge in [0.05, 0.1) is 6.10 Å². The van der Waals surface area contributed by atoms with E-state index in [4.69, 9.17) is 0 Å². The molecule has 0 aliphatic carbocycles. The summed E-state index contributed by atoms with van der Waals surface area (Å²) < 4.78 is 0. The smallest absolute Gasteiger partial charge is 0.0791 e. The number of nitrogens with zero attached hydrogens (tertiary/aromatic N) is 1. The lowest BCUT2D eigenvalue weighted by molar-refractivity contribution is 0.104. The van der Waals surface area contributed by atoms with E-state index in [1.807, 2.05) is 18.2 Å². The molecule has 0 saturated carbocycles. The molecule has 1 atom stereocenters. The van der Waals surface area contributed by atoms with Crippen LogP contribution in [0.4, 0.5) is 0 Å². The normalized spacial score (nSPS) is 16.0. The third kappa shape index (κ3) is 3.76. The average molecular weight is 335 g/mol. The van der Waals surface area contributed by atoms with E-state index < -0.39 is 0 Å². The summed E-state index contributed by atoms with van der Waals surface area (Å²) in [5.74, 6) is 0. The molecule has 0 radical (unpaired) electrons. The van der Waals surface area contributed by atoms with Gasteiger partial charge in [0.1, 0.15) is 0 Å². The van der Waals surface area contributed by atoms with Crippen molar-refractivity contribution in [2.24, 2.45) is 0 Å². The van der Waals surface area contributed by atoms with Gasteiger partial charge in [-0.2, -0.15) is 0 Å². The zero-order valence-electron chi connectivity index (χ0n) is 14.4. The molecule has 4 heteroatoms. The van der Waals surface area contributed by atoms with Crippen LogP contribution in [-0.4, -0.2) is 40.7 Å². The Labute approximate surface area is 148 Å². The molecule has 4 nitrogen and oxygen atoms in total. The molecule has 0 amide bonds. The van der Waals surface area contributed by atoms with Gasteiger partial charge < -0.3 is 15.4 Å². The Balaban J connectivity index is 1.30. The quantitative estimate of drug-likeness (QED) is 0.649. The van der Waals surface area contributed by atoms with E-state index in [2.05, 4.69) is 51.6 Å². The zero-order chi connectivity index (χ0) is 17.1. The molecule has 1 aliphatic heterocycles. The first-order chi connectivity index (χ1) is 12.3. The number of aromatic amines is 1. The van der Waals surface area contributed by atoms with Gasteiger partial charge in [0.2, 0.25) is 0 Å². The molecular formula is C21H25N3O. The van der Waals surface area contributed by atoms with E-state index in [1.165, 1.54) is 27.7 Å². The van der Waals surface area contributed by atoms with Gasteiger partial charge in [-0.15, -0.1) is 0 Å². The van der Waals surface area contributed by atoms with Crippen molar-refractivity contribution in [2.45, 2.75) is 25.6 Å². The van der Waals surface area contributed by atoms with Crippen LogP contribution in [0.1, 0.15) is 16.8 Å². The van der Waals surface area contributed by atoms with E-state index in [-0.39, 0.29) is 6.10 Å². The summed E-state index contributed by atoms with van der Waals surface area (Å²) in [7, 11) is 0. The molecule has 4 rings (SSSR count). The van der Waals surface area contributed by atoms with Gasteiger partial charge in [-0.25, -0.2) is 0 Å². The highest BCUT2D eigenvalue weighted by Gasteiger charge is 2.21. The fraction of sp³-hybridized carbons (Fsp3) is 0.333. The van der Waals surface area contributed by atoms with Gasteiger partial charge in [0, 0.05) is 49.3 Å². The van der Waals surface area contributed by atoms with Crippen LogP contribution in [0.25, 0.3) is 10.9 Å². The molecule has 3 aromatic rings. The second-order valence-corrected chi connectivity index (χ2v) is 6.88. The van der Waals surface area contributed by atoms with Gasteiger partial charge in [-0.05, 0) is 23.6 Å². The van der Waals surface area contributed by atoms with Gasteiger partial charge in [-0.3, -0.25) is 4.90 Å². The number of hydrogen-bond donors (Lipinski definition) is 3. The number of nitrogens with one attached hydrogen (secondary N) is 2. The first-order valence-electron chi connectivity index (χ1n) is 9.03. The molecule has 1 aliphatic rings. The van der Waals surface area contributed by atoms with Crippen LogP contribution in [-0.2, 0) is 19.5 Å². The summed E-state index contributed by atoms with van der Waals surface area (Å²) in [5.41, 5.74) is 5.22. The van der Waals surface area contributed by atoms with Crippen molar-refractivity contribution >= 4 is 10.9 Å². The van der Waals surface area contributed by atoms with Crippen LogP contribution in [0.5, 0.6) is 0 Å². The Hall–Kier alpha value is -2.14. The fourth-order valence-electron chi connectivity index (χ4n) is 3.75. The second-order valence-electron chi connectivity index (χ2n) is 6.88. The maximum Gasteiger partial charge on any atom is 0.0791 e. The SMILES string of the molecule is OC(CNCc1ccccc1)CN1CCc2c([nH]c3ccccc23)C1. The van der Waals surface area contributed by atoms with Crippen LogP contribution in [0.2, 0.25) is 0 Å². The van der Waals surface area contributed by atoms with Crippen molar-refractivity contribution < 1.29 is 5.11 Å². The molecule has 1 unspecified atom stereocenters. The minimum atomic E-state index is -0.352. The number of rotatable bonds is 6. The molecule has 3 N–H and O–H groups in total. The van der Waals surface area contributed by atoms with E-state index in [0.717, 1.165) is 26.1 Å². The minimum Gasteiger partial charge on any atom is -0.390 e. The van der Waals surface area contributed by atoms with E-state index in [0.29, 0.717) is 13.1 Å². The molecule has 0 saturated heterocycles. The van der Waals surface area contributed by atoms with Crippen molar-refractivity contribution in [3.05, 3.63) is 71.4 Å². The topological polar surface area (TPSA) is 51.3 Å². The molecular weight excluding hydrogens is 310 g/mol. The monoisotopic (exact) mass is 335 g/mol. The second kappa shape index (κ2) is 7.40. The summed E-state index contributed by atoms with van der Waals surface area (Å²) in [6.07, 6.45) is 0.693. The molecule has 2 heterocycles. The van der Waals surface area contributed by atoms with Crippen molar-refractivity contribution in [1.82, 2.24) is 15.2 Å². The lowest BCUT2D eigenvalue weighted by atomic mass is 10.0. The number of aliphatic hydroxyl groups is 1. The standard InChI is InChI=1S/C21H25N3O/c25-17(13-22-12-16-6-2-1-3-7-16)14-24-11-10-19-18-8-4-5-9-20(18)23-21(19)15-24/h1-9,17,22-23,25H,10-15H2. The molecule has 2 aromatic carbocycles. The predicted molar refractivity (Wildman–Crippen MR) is 101 cm³/mol.